The van der Waals surface area contributed by atoms with Crippen LogP contribution in [0.2, 0.25) is 0 Å². The summed E-state index contributed by atoms with van der Waals surface area (Å²) in [6.45, 7) is 1.97. The molecule has 0 spiro atoms. The summed E-state index contributed by atoms with van der Waals surface area (Å²) in [5.74, 6) is 0.958. The first-order valence-corrected chi connectivity index (χ1v) is 4.18. The summed E-state index contributed by atoms with van der Waals surface area (Å²) in [7, 11) is 0. The highest BCUT2D eigenvalue weighted by atomic mass is 16.3. The Kier molecular flexibility index (Phi) is 1.10. The molecular formula is C10H8N2O. The molecule has 1 aromatic carbocycles. The Labute approximate surface area is 74.6 Å². The van der Waals surface area contributed by atoms with Crippen LogP contribution in [-0.4, -0.2) is 9.38 Å². The normalized spacial score (nSPS) is 11.5. The number of nitrogens with zero attached hydrogens (tertiary/aromatic N) is 2. The van der Waals surface area contributed by atoms with Crippen LogP contribution < -0.4 is 0 Å². The fraction of sp³-hybridized carbons (Fsp3) is 0.100. The number of para-hydroxylation sites is 2. The van der Waals surface area contributed by atoms with E-state index in [1.54, 1.807) is 6.20 Å². The lowest BCUT2D eigenvalue weighted by Crippen LogP contribution is -1.83. The Hall–Kier alpha value is -1.77. The second kappa shape index (κ2) is 2.13. The fourth-order valence-corrected chi connectivity index (χ4v) is 1.63. The van der Waals surface area contributed by atoms with Gasteiger partial charge in [0.05, 0.1) is 11.7 Å². The van der Waals surface area contributed by atoms with Gasteiger partial charge in [0.1, 0.15) is 5.82 Å². The van der Waals surface area contributed by atoms with Crippen molar-refractivity contribution in [1.29, 1.82) is 0 Å². The van der Waals surface area contributed by atoms with Gasteiger partial charge in [-0.05, 0) is 19.1 Å². The number of benzene rings is 1. The van der Waals surface area contributed by atoms with Crippen molar-refractivity contribution < 1.29 is 4.42 Å². The number of oxazole rings is 1. The van der Waals surface area contributed by atoms with E-state index in [1.807, 2.05) is 35.6 Å². The van der Waals surface area contributed by atoms with Crippen molar-refractivity contribution in [3.05, 3.63) is 36.3 Å². The average Bonchev–Trinajstić information content (AvgIpc) is 2.66. The lowest BCUT2D eigenvalue weighted by molar-refractivity contribution is 0.655. The second-order valence-corrected chi connectivity index (χ2v) is 3.05. The van der Waals surface area contributed by atoms with Gasteiger partial charge in [0.15, 0.2) is 5.58 Å². The highest BCUT2D eigenvalue weighted by molar-refractivity contribution is 5.77. The number of rotatable bonds is 0. The Morgan fingerprint density at radius 1 is 1.31 bits per heavy atom. The molecule has 3 rings (SSSR count). The van der Waals surface area contributed by atoms with Gasteiger partial charge in [0.25, 0.3) is 0 Å². The number of aryl methyl sites for hydroxylation is 1. The first-order valence-electron chi connectivity index (χ1n) is 4.18. The van der Waals surface area contributed by atoms with Crippen molar-refractivity contribution in [3.8, 4) is 0 Å². The predicted molar refractivity (Wildman–Crippen MR) is 49.7 cm³/mol. The van der Waals surface area contributed by atoms with E-state index in [-0.39, 0.29) is 0 Å². The van der Waals surface area contributed by atoms with E-state index in [0.717, 1.165) is 22.6 Å². The van der Waals surface area contributed by atoms with Crippen molar-refractivity contribution in [3.63, 3.8) is 0 Å². The van der Waals surface area contributed by atoms with Crippen molar-refractivity contribution in [2.45, 2.75) is 6.92 Å². The van der Waals surface area contributed by atoms with Gasteiger partial charge in [0, 0.05) is 0 Å². The Bertz CT molecular complexity index is 577. The molecule has 2 heterocycles. The molecule has 13 heavy (non-hydrogen) atoms. The summed E-state index contributed by atoms with van der Waals surface area (Å²) in [4.78, 5) is 4.18. The van der Waals surface area contributed by atoms with Crippen LogP contribution >= 0.6 is 0 Å². The molecule has 3 aromatic rings. The van der Waals surface area contributed by atoms with Crippen molar-refractivity contribution in [2.24, 2.45) is 0 Å². The third kappa shape index (κ3) is 0.758. The van der Waals surface area contributed by atoms with E-state index in [4.69, 9.17) is 4.42 Å². The molecule has 0 N–H and O–H groups in total. The second-order valence-electron chi connectivity index (χ2n) is 3.05. The monoisotopic (exact) mass is 172 g/mol. The maximum absolute atomic E-state index is 5.57. The number of hydrogen-bond acceptors (Lipinski definition) is 2. The standard InChI is InChI=1S/C10H8N2O/c1-7-11-6-10-12(7)8-4-2-3-5-9(8)13-10/h2-6H,1H3. The molecule has 2 aromatic heterocycles. The van der Waals surface area contributed by atoms with Crippen LogP contribution in [0.3, 0.4) is 0 Å². The number of fused-ring (bicyclic) bond motifs is 3. The number of hydrogen-bond donors (Lipinski definition) is 0. The molecule has 0 amide bonds. The van der Waals surface area contributed by atoms with E-state index >= 15 is 0 Å². The van der Waals surface area contributed by atoms with Crippen LogP contribution in [-0.2, 0) is 0 Å². The molecule has 0 aliphatic rings. The van der Waals surface area contributed by atoms with Crippen molar-refractivity contribution in [1.82, 2.24) is 9.38 Å². The average molecular weight is 172 g/mol. The lowest BCUT2D eigenvalue weighted by atomic mass is 10.3. The summed E-state index contributed by atoms with van der Waals surface area (Å²) in [5.41, 5.74) is 2.79. The Morgan fingerprint density at radius 3 is 3.08 bits per heavy atom. The quantitative estimate of drug-likeness (QED) is 0.521. The zero-order chi connectivity index (χ0) is 8.84. The zero-order valence-corrected chi connectivity index (χ0v) is 7.19. The van der Waals surface area contributed by atoms with E-state index < -0.39 is 0 Å². The molecule has 0 saturated carbocycles. The van der Waals surface area contributed by atoms with Crippen LogP contribution in [0, 0.1) is 6.92 Å². The molecule has 0 unspecified atom stereocenters. The Balaban J connectivity index is 2.66. The van der Waals surface area contributed by atoms with E-state index in [1.165, 1.54) is 0 Å². The minimum atomic E-state index is 0.804. The first-order chi connectivity index (χ1) is 6.36. The van der Waals surface area contributed by atoms with Crippen LogP contribution in [0.5, 0.6) is 0 Å². The summed E-state index contributed by atoms with van der Waals surface area (Å²) in [6.07, 6.45) is 1.75. The van der Waals surface area contributed by atoms with Crippen molar-refractivity contribution >= 4 is 16.8 Å². The smallest absolute Gasteiger partial charge is 0.224 e. The molecule has 0 aliphatic carbocycles. The van der Waals surface area contributed by atoms with Gasteiger partial charge >= 0.3 is 0 Å². The van der Waals surface area contributed by atoms with E-state index in [2.05, 4.69) is 4.98 Å². The summed E-state index contributed by atoms with van der Waals surface area (Å²) in [5, 5.41) is 0. The lowest BCUT2D eigenvalue weighted by Gasteiger charge is -1.89. The zero-order valence-electron chi connectivity index (χ0n) is 7.19. The van der Waals surface area contributed by atoms with Crippen LogP contribution in [0.15, 0.2) is 34.9 Å². The summed E-state index contributed by atoms with van der Waals surface area (Å²) >= 11 is 0. The van der Waals surface area contributed by atoms with Crippen LogP contribution in [0.1, 0.15) is 5.82 Å². The number of imidazole rings is 1. The SMILES string of the molecule is Cc1ncc2oc3ccccc3n12. The van der Waals surface area contributed by atoms with Crippen LogP contribution in [0.25, 0.3) is 16.8 Å². The maximum atomic E-state index is 5.57. The number of aromatic nitrogens is 2. The van der Waals surface area contributed by atoms with E-state index in [9.17, 15) is 0 Å². The molecule has 0 aliphatic heterocycles. The van der Waals surface area contributed by atoms with Crippen molar-refractivity contribution in [2.75, 3.05) is 0 Å². The topological polar surface area (TPSA) is 30.4 Å². The minimum absolute atomic E-state index is 0.804. The van der Waals surface area contributed by atoms with Gasteiger partial charge in [-0.1, -0.05) is 12.1 Å². The predicted octanol–water partition coefficient (Wildman–Crippen LogP) is 2.39. The Morgan fingerprint density at radius 2 is 2.15 bits per heavy atom. The fourth-order valence-electron chi connectivity index (χ4n) is 1.63. The maximum Gasteiger partial charge on any atom is 0.224 e. The third-order valence-electron chi connectivity index (χ3n) is 2.23. The molecule has 0 saturated heterocycles. The minimum Gasteiger partial charge on any atom is -0.437 e. The van der Waals surface area contributed by atoms with Crippen LogP contribution in [0.4, 0.5) is 0 Å². The van der Waals surface area contributed by atoms with Gasteiger partial charge in [-0.15, -0.1) is 0 Å². The largest absolute Gasteiger partial charge is 0.437 e. The molecule has 64 valence electrons. The molecule has 3 nitrogen and oxygen atoms in total. The highest BCUT2D eigenvalue weighted by Crippen LogP contribution is 2.20. The molecule has 3 heteroatoms. The van der Waals surface area contributed by atoms with E-state index in [0.29, 0.717) is 0 Å². The van der Waals surface area contributed by atoms with Gasteiger partial charge in [-0.25, -0.2) is 4.98 Å². The first kappa shape index (κ1) is 6.71. The molecule has 0 radical (unpaired) electrons. The molecular weight excluding hydrogens is 164 g/mol. The summed E-state index contributed by atoms with van der Waals surface area (Å²) in [6, 6.07) is 7.95. The van der Waals surface area contributed by atoms with Gasteiger partial charge in [-0.2, -0.15) is 0 Å². The van der Waals surface area contributed by atoms with Gasteiger partial charge in [-0.3, -0.25) is 4.40 Å². The molecule has 0 bridgehead atoms. The molecule has 0 atom stereocenters. The highest BCUT2D eigenvalue weighted by Gasteiger charge is 2.07. The van der Waals surface area contributed by atoms with Gasteiger partial charge < -0.3 is 4.42 Å². The molecule has 0 fully saturated rings. The third-order valence-corrected chi connectivity index (χ3v) is 2.23. The summed E-state index contributed by atoms with van der Waals surface area (Å²) < 4.78 is 7.58. The van der Waals surface area contributed by atoms with Gasteiger partial charge in [0.2, 0.25) is 5.71 Å².